The molecule has 28 heavy (non-hydrogen) atoms. The summed E-state index contributed by atoms with van der Waals surface area (Å²) in [5.74, 6) is 0.383. The second kappa shape index (κ2) is 7.32. The van der Waals surface area contributed by atoms with Gasteiger partial charge < -0.3 is 9.64 Å². The number of hydrogen-bond donors (Lipinski definition) is 0. The van der Waals surface area contributed by atoms with Crippen LogP contribution in [0.15, 0.2) is 66.9 Å². The number of nitrogens with zero attached hydrogens (tertiary/aromatic N) is 4. The minimum absolute atomic E-state index is 0.367. The second-order valence-corrected chi connectivity index (χ2v) is 6.65. The highest BCUT2D eigenvalue weighted by Gasteiger charge is 2.12. The van der Waals surface area contributed by atoms with Gasteiger partial charge in [-0.15, -0.1) is 5.10 Å². The molecule has 2 aromatic heterocycles. The molecule has 6 nitrogen and oxygen atoms in total. The zero-order valence-electron chi connectivity index (χ0n) is 15.3. The Morgan fingerprint density at radius 2 is 1.89 bits per heavy atom. The minimum atomic E-state index is -0.367. The number of rotatable bonds is 4. The quantitative estimate of drug-likeness (QED) is 0.475. The summed E-state index contributed by atoms with van der Waals surface area (Å²) in [5.41, 5.74) is 3.89. The highest BCUT2D eigenvalue weighted by atomic mass is 35.5. The minimum Gasteiger partial charge on any atom is -0.465 e. The van der Waals surface area contributed by atoms with Gasteiger partial charge in [0, 0.05) is 23.3 Å². The van der Waals surface area contributed by atoms with E-state index in [4.69, 9.17) is 21.4 Å². The molecule has 0 fully saturated rings. The maximum absolute atomic E-state index is 11.6. The van der Waals surface area contributed by atoms with Crippen LogP contribution in [0.1, 0.15) is 10.4 Å². The Labute approximate surface area is 167 Å². The third kappa shape index (κ3) is 3.30. The van der Waals surface area contributed by atoms with Gasteiger partial charge in [-0.25, -0.2) is 14.3 Å². The number of carbonyl (C=O) groups is 1. The molecule has 0 aliphatic heterocycles. The van der Waals surface area contributed by atoms with Crippen LogP contribution in [-0.2, 0) is 4.74 Å². The molecule has 0 saturated heterocycles. The summed E-state index contributed by atoms with van der Waals surface area (Å²) in [6.45, 7) is 0. The number of ether oxygens (including phenoxy) is 1. The van der Waals surface area contributed by atoms with E-state index in [0.717, 1.165) is 28.4 Å². The molecule has 4 rings (SSSR count). The number of methoxy groups -OCH3 is 1. The SMILES string of the molecule is COC(=O)c1ccc(-c2cnc3ccc(N(C)c4cccc(Cl)c4)nn23)cc1. The van der Waals surface area contributed by atoms with Gasteiger partial charge in [0.25, 0.3) is 0 Å². The average molecular weight is 393 g/mol. The van der Waals surface area contributed by atoms with Crippen molar-refractivity contribution in [1.82, 2.24) is 14.6 Å². The van der Waals surface area contributed by atoms with E-state index in [1.165, 1.54) is 7.11 Å². The molecule has 0 radical (unpaired) electrons. The predicted octanol–water partition coefficient (Wildman–Crippen LogP) is 4.60. The maximum Gasteiger partial charge on any atom is 0.337 e. The second-order valence-electron chi connectivity index (χ2n) is 6.21. The van der Waals surface area contributed by atoms with Gasteiger partial charge in [-0.1, -0.05) is 29.8 Å². The van der Waals surface area contributed by atoms with Gasteiger partial charge in [0.1, 0.15) is 0 Å². The first-order valence-electron chi connectivity index (χ1n) is 8.59. The molecule has 0 bridgehead atoms. The van der Waals surface area contributed by atoms with Crippen molar-refractivity contribution in [2.24, 2.45) is 0 Å². The summed E-state index contributed by atoms with van der Waals surface area (Å²) in [7, 11) is 3.30. The molecule has 0 spiro atoms. The van der Waals surface area contributed by atoms with Crippen molar-refractivity contribution in [2.45, 2.75) is 0 Å². The highest BCUT2D eigenvalue weighted by molar-refractivity contribution is 6.30. The molecule has 0 aliphatic carbocycles. The summed E-state index contributed by atoms with van der Waals surface area (Å²) in [6, 6.07) is 18.6. The van der Waals surface area contributed by atoms with E-state index in [0.29, 0.717) is 10.6 Å². The van der Waals surface area contributed by atoms with Crippen molar-refractivity contribution in [3.05, 3.63) is 77.4 Å². The maximum atomic E-state index is 11.6. The fourth-order valence-electron chi connectivity index (χ4n) is 2.95. The number of hydrogen-bond acceptors (Lipinski definition) is 5. The monoisotopic (exact) mass is 392 g/mol. The lowest BCUT2D eigenvalue weighted by molar-refractivity contribution is 0.0601. The van der Waals surface area contributed by atoms with Crippen LogP contribution in [0.4, 0.5) is 11.5 Å². The lowest BCUT2D eigenvalue weighted by Crippen LogP contribution is -2.13. The average Bonchev–Trinajstić information content (AvgIpc) is 3.16. The van der Waals surface area contributed by atoms with Crippen LogP contribution in [-0.4, -0.2) is 34.7 Å². The Kier molecular flexibility index (Phi) is 4.71. The molecule has 2 heterocycles. The van der Waals surface area contributed by atoms with Gasteiger partial charge in [0.15, 0.2) is 11.5 Å². The number of benzene rings is 2. The Morgan fingerprint density at radius 1 is 1.11 bits per heavy atom. The van der Waals surface area contributed by atoms with E-state index < -0.39 is 0 Å². The molecule has 7 heteroatoms. The number of fused-ring (bicyclic) bond motifs is 1. The van der Waals surface area contributed by atoms with Crippen LogP contribution in [0.2, 0.25) is 5.02 Å². The van der Waals surface area contributed by atoms with Crippen LogP contribution >= 0.6 is 11.6 Å². The first kappa shape index (κ1) is 18.0. The molecule has 0 atom stereocenters. The lowest BCUT2D eigenvalue weighted by Gasteiger charge is -2.18. The van der Waals surface area contributed by atoms with Crippen LogP contribution in [0.3, 0.4) is 0 Å². The largest absolute Gasteiger partial charge is 0.465 e. The number of imidazole rings is 1. The van der Waals surface area contributed by atoms with Crippen molar-refractivity contribution in [3.63, 3.8) is 0 Å². The van der Waals surface area contributed by atoms with Crippen LogP contribution < -0.4 is 4.90 Å². The zero-order chi connectivity index (χ0) is 19.7. The number of aromatic nitrogens is 3. The Balaban J connectivity index is 1.73. The number of carbonyl (C=O) groups excluding carboxylic acids is 1. The number of anilines is 2. The van der Waals surface area contributed by atoms with Crippen LogP contribution in [0, 0.1) is 0 Å². The third-order valence-corrected chi connectivity index (χ3v) is 4.72. The van der Waals surface area contributed by atoms with Crippen molar-refractivity contribution in [3.8, 4) is 11.3 Å². The summed E-state index contributed by atoms with van der Waals surface area (Å²) in [4.78, 5) is 18.0. The zero-order valence-corrected chi connectivity index (χ0v) is 16.1. The van der Waals surface area contributed by atoms with E-state index in [1.54, 1.807) is 22.8 Å². The molecular formula is C21H17ClN4O2. The molecular weight excluding hydrogens is 376 g/mol. The van der Waals surface area contributed by atoms with Gasteiger partial charge in [-0.3, -0.25) is 0 Å². The highest BCUT2D eigenvalue weighted by Crippen LogP contribution is 2.26. The number of halogens is 1. The first-order valence-corrected chi connectivity index (χ1v) is 8.97. The molecule has 4 aromatic rings. The van der Waals surface area contributed by atoms with E-state index in [2.05, 4.69) is 4.98 Å². The predicted molar refractivity (Wildman–Crippen MR) is 109 cm³/mol. The van der Waals surface area contributed by atoms with Crippen molar-refractivity contribution >= 4 is 34.7 Å². The molecule has 0 saturated carbocycles. The Morgan fingerprint density at radius 3 is 2.61 bits per heavy atom. The summed E-state index contributed by atoms with van der Waals surface area (Å²) < 4.78 is 6.53. The van der Waals surface area contributed by atoms with Gasteiger partial charge in [-0.05, 0) is 42.5 Å². The molecule has 140 valence electrons. The van der Waals surface area contributed by atoms with Gasteiger partial charge in [0.05, 0.1) is 24.6 Å². The smallest absolute Gasteiger partial charge is 0.337 e. The van der Waals surface area contributed by atoms with Crippen molar-refractivity contribution < 1.29 is 9.53 Å². The third-order valence-electron chi connectivity index (χ3n) is 4.49. The van der Waals surface area contributed by atoms with Gasteiger partial charge >= 0.3 is 5.97 Å². The fraction of sp³-hybridized carbons (Fsp3) is 0.0952. The summed E-state index contributed by atoms with van der Waals surface area (Å²) in [5, 5.41) is 5.40. The fourth-order valence-corrected chi connectivity index (χ4v) is 3.14. The molecule has 0 N–H and O–H groups in total. The topological polar surface area (TPSA) is 59.7 Å². The molecule has 0 unspecified atom stereocenters. The molecule has 0 aliphatic rings. The molecule has 2 aromatic carbocycles. The van der Waals surface area contributed by atoms with E-state index >= 15 is 0 Å². The van der Waals surface area contributed by atoms with Crippen molar-refractivity contribution in [1.29, 1.82) is 0 Å². The van der Waals surface area contributed by atoms with E-state index in [9.17, 15) is 4.79 Å². The van der Waals surface area contributed by atoms with Gasteiger partial charge in [0.2, 0.25) is 0 Å². The normalized spacial score (nSPS) is 10.8. The summed E-state index contributed by atoms with van der Waals surface area (Å²) in [6.07, 6.45) is 1.76. The summed E-state index contributed by atoms with van der Waals surface area (Å²) >= 11 is 6.11. The van der Waals surface area contributed by atoms with Gasteiger partial charge in [-0.2, -0.15) is 0 Å². The van der Waals surface area contributed by atoms with Crippen LogP contribution in [0.5, 0.6) is 0 Å². The van der Waals surface area contributed by atoms with E-state index in [-0.39, 0.29) is 5.97 Å². The van der Waals surface area contributed by atoms with Crippen molar-refractivity contribution in [2.75, 3.05) is 19.1 Å². The Bertz CT molecular complexity index is 1150. The Hall–Kier alpha value is -3.38. The lowest BCUT2D eigenvalue weighted by atomic mass is 10.1. The first-order chi connectivity index (χ1) is 13.6. The standard InChI is InChI=1S/C21H17ClN4O2/c1-25(17-5-3-4-16(22)12-17)20-11-10-19-23-13-18(26(19)24-20)14-6-8-15(9-7-14)21(27)28-2/h3-13H,1-2H3. The number of esters is 1. The van der Waals surface area contributed by atoms with E-state index in [1.807, 2.05) is 60.5 Å². The molecule has 0 amide bonds. The van der Waals surface area contributed by atoms with Crippen LogP contribution in [0.25, 0.3) is 16.9 Å².